The van der Waals surface area contributed by atoms with E-state index in [0.29, 0.717) is 41.9 Å². The van der Waals surface area contributed by atoms with Gasteiger partial charge in [-0.25, -0.2) is 9.78 Å². The zero-order chi connectivity index (χ0) is 41.7. The van der Waals surface area contributed by atoms with Crippen LogP contribution in [0.15, 0.2) is 60.1 Å². The number of aromatic nitrogens is 1. The number of aryl methyl sites for hydroxylation is 1. The molecular weight excluding hydrogens is 806 g/mol. The Hall–Kier alpha value is -2.42. The summed E-state index contributed by atoms with van der Waals surface area (Å²) in [5.41, 5.74) is -1.50. The number of hydrogen-bond acceptors (Lipinski definition) is 9. The molecule has 1 aromatic rings. The van der Waals surface area contributed by atoms with Crippen LogP contribution < -0.4 is 0 Å². The molecule has 54 heavy (non-hydrogen) atoms. The standard InChI is InChI=1S/C38H53Cl3F3NO7SSi/c1-12-17-24(6)33(51-35(48)49-23-37(39,40)41)26(8)34(47)36(10,11)31(52-54(14-3,15-4)16-5)21-32(46)50-30(19-18-28(13-2)38(42,43)44)25(7)20-29-22-53-27(9)45-29/h12-13,18,20,22,24,30-31,33H,1-2,8,14-17,19,21,23H2,3-7,9-11H3/b25-20+,28-18+/t24-,30-,31-,33-/m0/s1. The van der Waals surface area contributed by atoms with E-state index in [-0.39, 0.29) is 12.0 Å². The Morgan fingerprint density at radius 1 is 1.04 bits per heavy atom. The number of allylic oxidation sites excluding steroid dienone is 3. The second-order valence-electron chi connectivity index (χ2n) is 13.6. The summed E-state index contributed by atoms with van der Waals surface area (Å²) in [5.74, 6) is -1.84. The average molecular weight is 859 g/mol. The molecule has 4 atom stereocenters. The van der Waals surface area contributed by atoms with Crippen LogP contribution in [0.1, 0.15) is 78.4 Å². The molecular formula is C38H53Cl3F3NO7SSi. The number of rotatable bonds is 22. The lowest BCUT2D eigenvalue weighted by atomic mass is 9.75. The number of hydrogen-bond donors (Lipinski definition) is 0. The summed E-state index contributed by atoms with van der Waals surface area (Å²) in [5, 5.41) is 2.56. The van der Waals surface area contributed by atoms with Crippen LogP contribution in [-0.2, 0) is 28.2 Å². The Bertz CT molecular complexity index is 1530. The highest BCUT2D eigenvalue weighted by molar-refractivity contribution is 7.09. The third-order valence-corrected chi connectivity index (χ3v) is 15.0. The van der Waals surface area contributed by atoms with Crippen molar-refractivity contribution >= 4 is 78.4 Å². The van der Waals surface area contributed by atoms with Gasteiger partial charge in [0.1, 0.15) is 18.8 Å². The van der Waals surface area contributed by atoms with Crippen LogP contribution in [0.3, 0.4) is 0 Å². The number of alkyl halides is 6. The van der Waals surface area contributed by atoms with E-state index in [9.17, 15) is 27.6 Å². The van der Waals surface area contributed by atoms with E-state index in [4.69, 9.17) is 53.4 Å². The third-order valence-electron chi connectivity index (χ3n) is 9.23. The Labute approximate surface area is 337 Å². The molecule has 0 saturated heterocycles. The first-order valence-electron chi connectivity index (χ1n) is 17.5. The highest BCUT2D eigenvalue weighted by Crippen LogP contribution is 2.38. The van der Waals surface area contributed by atoms with Crippen molar-refractivity contribution in [2.24, 2.45) is 11.3 Å². The second-order valence-corrected chi connectivity index (χ2v) is 21.9. The molecule has 0 aliphatic heterocycles. The summed E-state index contributed by atoms with van der Waals surface area (Å²) >= 11 is 18.5. The van der Waals surface area contributed by atoms with Crippen LogP contribution in [0.5, 0.6) is 0 Å². The predicted molar refractivity (Wildman–Crippen MR) is 214 cm³/mol. The van der Waals surface area contributed by atoms with Crippen molar-refractivity contribution < 1.29 is 46.2 Å². The number of thiazole rings is 1. The van der Waals surface area contributed by atoms with Crippen molar-refractivity contribution in [3.8, 4) is 0 Å². The molecule has 0 aliphatic carbocycles. The smallest absolute Gasteiger partial charge is 0.457 e. The molecule has 16 heteroatoms. The van der Waals surface area contributed by atoms with Gasteiger partial charge in [-0.3, -0.25) is 9.59 Å². The Balaban J connectivity index is 3.64. The summed E-state index contributed by atoms with van der Waals surface area (Å²) in [7, 11) is -2.53. The van der Waals surface area contributed by atoms with Crippen molar-refractivity contribution in [2.75, 3.05) is 6.61 Å². The number of ketones is 1. The van der Waals surface area contributed by atoms with Crippen LogP contribution in [0.2, 0.25) is 18.1 Å². The zero-order valence-corrected chi connectivity index (χ0v) is 36.3. The van der Waals surface area contributed by atoms with Crippen LogP contribution in [0.25, 0.3) is 6.08 Å². The Morgan fingerprint density at radius 2 is 1.63 bits per heavy atom. The van der Waals surface area contributed by atoms with Gasteiger partial charge in [0.15, 0.2) is 14.1 Å². The largest absolute Gasteiger partial charge is 0.509 e. The monoisotopic (exact) mass is 857 g/mol. The summed E-state index contributed by atoms with van der Waals surface area (Å²) in [6.45, 7) is 24.8. The Kier molecular flexibility index (Phi) is 20.0. The first kappa shape index (κ1) is 49.6. The maximum atomic E-state index is 14.5. The van der Waals surface area contributed by atoms with E-state index >= 15 is 0 Å². The average Bonchev–Trinajstić information content (AvgIpc) is 3.50. The van der Waals surface area contributed by atoms with Crippen molar-refractivity contribution in [3.63, 3.8) is 0 Å². The summed E-state index contributed by atoms with van der Waals surface area (Å²) in [6, 6.07) is 2.04. The maximum Gasteiger partial charge on any atom is 0.509 e. The number of Topliss-reactive ketones (excluding diaryl/α,β-unsaturated/α-hetero) is 1. The first-order valence-corrected chi connectivity index (χ1v) is 22.1. The molecule has 0 N–H and O–H groups in total. The van der Waals surface area contributed by atoms with Crippen molar-refractivity contribution in [1.82, 2.24) is 4.98 Å². The van der Waals surface area contributed by atoms with Crippen LogP contribution in [-0.4, -0.2) is 66.1 Å². The van der Waals surface area contributed by atoms with Gasteiger partial charge < -0.3 is 18.6 Å². The highest BCUT2D eigenvalue weighted by Gasteiger charge is 2.46. The first-order chi connectivity index (χ1) is 24.9. The highest BCUT2D eigenvalue weighted by atomic mass is 35.6. The summed E-state index contributed by atoms with van der Waals surface area (Å²) in [4.78, 5) is 45.4. The topological polar surface area (TPSA) is 101 Å². The molecule has 0 saturated carbocycles. The molecule has 8 nitrogen and oxygen atoms in total. The van der Waals surface area contributed by atoms with E-state index in [1.807, 2.05) is 27.7 Å². The molecule has 0 amide bonds. The van der Waals surface area contributed by atoms with Crippen LogP contribution in [0.4, 0.5) is 18.0 Å². The molecule has 1 aromatic heterocycles. The number of esters is 1. The van der Waals surface area contributed by atoms with Gasteiger partial charge in [0.2, 0.25) is 3.79 Å². The van der Waals surface area contributed by atoms with E-state index in [1.54, 1.807) is 45.2 Å². The van der Waals surface area contributed by atoms with E-state index in [1.165, 1.54) is 11.3 Å². The van der Waals surface area contributed by atoms with Crippen molar-refractivity contribution in [3.05, 3.63) is 70.8 Å². The fraction of sp³-hybridized carbons (Fsp3) is 0.579. The number of carbonyl (C=O) groups excluding carboxylic acids is 3. The zero-order valence-electron chi connectivity index (χ0n) is 32.2. The number of ether oxygens (including phenoxy) is 3. The lowest BCUT2D eigenvalue weighted by molar-refractivity contribution is -0.151. The quantitative estimate of drug-likeness (QED) is 0.0284. The maximum absolute atomic E-state index is 14.5. The minimum Gasteiger partial charge on any atom is -0.457 e. The molecule has 0 unspecified atom stereocenters. The van der Waals surface area contributed by atoms with Gasteiger partial charge in [-0.15, -0.1) is 17.9 Å². The van der Waals surface area contributed by atoms with Gasteiger partial charge in [0.25, 0.3) is 0 Å². The molecule has 0 radical (unpaired) electrons. The molecule has 0 bridgehead atoms. The van der Waals surface area contributed by atoms with Crippen LogP contribution >= 0.6 is 46.1 Å². The molecule has 304 valence electrons. The lowest BCUT2D eigenvalue weighted by Gasteiger charge is -2.41. The van der Waals surface area contributed by atoms with Gasteiger partial charge in [-0.05, 0) is 50.0 Å². The molecule has 1 rings (SSSR count). The van der Waals surface area contributed by atoms with Gasteiger partial charge in [-0.1, -0.05) is 108 Å². The van der Waals surface area contributed by atoms with Crippen LogP contribution in [0, 0.1) is 18.3 Å². The fourth-order valence-electron chi connectivity index (χ4n) is 5.64. The Morgan fingerprint density at radius 3 is 2.09 bits per heavy atom. The summed E-state index contributed by atoms with van der Waals surface area (Å²) in [6.07, 6.45) is -4.78. The number of nitrogens with zero attached hydrogens (tertiary/aromatic N) is 1. The van der Waals surface area contributed by atoms with Gasteiger partial charge in [-0.2, -0.15) is 13.2 Å². The minimum atomic E-state index is -4.66. The second kappa shape index (κ2) is 21.8. The van der Waals surface area contributed by atoms with Gasteiger partial charge >= 0.3 is 18.3 Å². The molecule has 0 spiro atoms. The normalized spacial score (nSPS) is 15.4. The molecule has 0 fully saturated rings. The number of halogens is 6. The van der Waals surface area contributed by atoms with E-state index in [2.05, 4.69) is 24.7 Å². The van der Waals surface area contributed by atoms with Crippen molar-refractivity contribution in [2.45, 2.75) is 121 Å². The minimum absolute atomic E-state index is 0.0941. The van der Waals surface area contributed by atoms with E-state index in [0.717, 1.165) is 11.1 Å². The fourth-order valence-corrected chi connectivity index (χ4v) is 9.35. The molecule has 1 heterocycles. The van der Waals surface area contributed by atoms with Crippen molar-refractivity contribution in [1.29, 1.82) is 0 Å². The predicted octanol–water partition coefficient (Wildman–Crippen LogP) is 11.9. The SMILES string of the molecule is C=CC[C@H](C)[C@H](OC(=O)OCC(Cl)(Cl)Cl)C(=C)C(=O)C(C)(C)[C@H](CC(=O)O[C@@H](C/C=C(\C=C)C(F)(F)F)/C(C)=C/c1csc(C)n1)O[Si](CC)(CC)CC. The number of carbonyl (C=O) groups is 3. The molecule has 0 aromatic carbocycles. The lowest BCUT2D eigenvalue weighted by Crippen LogP contribution is -2.50. The molecule has 0 aliphatic rings. The summed E-state index contributed by atoms with van der Waals surface area (Å²) < 4.78 is 62.2. The van der Waals surface area contributed by atoms with E-state index < -0.39 is 84.4 Å². The third kappa shape index (κ3) is 15.6. The van der Waals surface area contributed by atoms with Gasteiger partial charge in [0, 0.05) is 23.3 Å². The van der Waals surface area contributed by atoms with Gasteiger partial charge in [0.05, 0.1) is 34.2 Å².